The maximum absolute atomic E-state index is 5.43. The third-order valence-electron chi connectivity index (χ3n) is 1.42. The molecule has 0 heterocycles. The van der Waals surface area contributed by atoms with Crippen molar-refractivity contribution in [2.45, 2.75) is 6.54 Å². The summed E-state index contributed by atoms with van der Waals surface area (Å²) in [5.41, 5.74) is 9.03. The Morgan fingerprint density at radius 2 is 2.00 bits per heavy atom. The first kappa shape index (κ1) is 8.17. The first-order valence-corrected chi connectivity index (χ1v) is 3.83. The van der Waals surface area contributed by atoms with Crippen LogP contribution in [0.1, 0.15) is 5.56 Å². The van der Waals surface area contributed by atoms with Crippen molar-refractivity contribution in [1.29, 1.82) is 0 Å². The van der Waals surface area contributed by atoms with E-state index in [9.17, 15) is 0 Å². The lowest BCUT2D eigenvalue weighted by Gasteiger charge is -1.99. The summed E-state index contributed by atoms with van der Waals surface area (Å²) in [7, 11) is 0. The highest BCUT2D eigenvalue weighted by atomic mass is 32.1. The minimum Gasteiger partial charge on any atom is -0.353 e. The molecule has 3 heteroatoms. The molecule has 1 aromatic carbocycles. The van der Waals surface area contributed by atoms with Crippen LogP contribution in [-0.4, -0.2) is 5.49 Å². The molecule has 0 aliphatic carbocycles. The Bertz CT molecular complexity index is 230. The summed E-state index contributed by atoms with van der Waals surface area (Å²) in [6.45, 7) is 0.581. The minimum atomic E-state index is 0.581. The molecule has 0 aliphatic rings. The van der Waals surface area contributed by atoms with E-state index >= 15 is 0 Å². The summed E-state index contributed by atoms with van der Waals surface area (Å²) >= 11 is 4.63. The third-order valence-corrected chi connectivity index (χ3v) is 1.53. The summed E-state index contributed by atoms with van der Waals surface area (Å²) in [5.74, 6) is 0. The molecule has 1 rings (SSSR count). The van der Waals surface area contributed by atoms with E-state index in [2.05, 4.69) is 17.5 Å². The van der Waals surface area contributed by atoms with E-state index in [4.69, 9.17) is 5.73 Å². The topological polar surface area (TPSA) is 38.0 Å². The molecule has 3 N–H and O–H groups in total. The lowest BCUT2D eigenvalue weighted by Crippen LogP contribution is -1.96. The van der Waals surface area contributed by atoms with Crippen LogP contribution in [0.15, 0.2) is 24.3 Å². The summed E-state index contributed by atoms with van der Waals surface area (Å²) < 4.78 is 0. The highest BCUT2D eigenvalue weighted by Crippen LogP contribution is 2.07. The third kappa shape index (κ3) is 2.29. The molecule has 0 spiro atoms. The molecule has 0 saturated heterocycles. The van der Waals surface area contributed by atoms with Crippen molar-refractivity contribution in [3.8, 4) is 0 Å². The zero-order chi connectivity index (χ0) is 8.10. The second-order valence-electron chi connectivity index (χ2n) is 2.16. The minimum absolute atomic E-state index is 0.581. The van der Waals surface area contributed by atoms with E-state index in [1.54, 1.807) is 0 Å². The second-order valence-corrected chi connectivity index (χ2v) is 2.40. The van der Waals surface area contributed by atoms with Gasteiger partial charge in [-0.25, -0.2) is 0 Å². The van der Waals surface area contributed by atoms with Gasteiger partial charge in [0.1, 0.15) is 0 Å². The summed E-state index contributed by atoms with van der Waals surface area (Å²) in [5, 5.41) is 2.91. The predicted molar refractivity (Wildman–Crippen MR) is 51.6 cm³/mol. The molecule has 0 fully saturated rings. The monoisotopic (exact) mass is 166 g/mol. The van der Waals surface area contributed by atoms with Gasteiger partial charge in [0.15, 0.2) is 0 Å². The smallest absolute Gasteiger partial charge is 0.0658 e. The Kier molecular flexibility index (Phi) is 3.01. The molecule has 0 aliphatic heterocycles. The fraction of sp³-hybridized carbons (Fsp3) is 0.125. The van der Waals surface area contributed by atoms with E-state index in [0.29, 0.717) is 6.54 Å². The van der Waals surface area contributed by atoms with Gasteiger partial charge in [-0.1, -0.05) is 24.4 Å². The molecule has 0 unspecified atom stereocenters. The van der Waals surface area contributed by atoms with Gasteiger partial charge in [-0.05, 0) is 17.7 Å². The number of benzene rings is 1. The maximum atomic E-state index is 5.43. The Morgan fingerprint density at radius 3 is 2.45 bits per heavy atom. The summed E-state index contributed by atoms with van der Waals surface area (Å²) in [6, 6.07) is 7.85. The van der Waals surface area contributed by atoms with E-state index < -0.39 is 0 Å². The molecule has 0 radical (unpaired) electrons. The maximum Gasteiger partial charge on any atom is 0.0658 e. The molecule has 0 atom stereocenters. The Hall–Kier alpha value is -0.930. The second kappa shape index (κ2) is 4.05. The van der Waals surface area contributed by atoms with E-state index in [1.807, 2.05) is 24.3 Å². The first-order valence-electron chi connectivity index (χ1n) is 3.36. The van der Waals surface area contributed by atoms with Gasteiger partial charge in [-0.2, -0.15) is 0 Å². The zero-order valence-electron chi connectivity index (χ0n) is 6.08. The number of nitrogens with one attached hydrogen (secondary N) is 1. The highest BCUT2D eigenvalue weighted by molar-refractivity contribution is 7.79. The van der Waals surface area contributed by atoms with Crippen molar-refractivity contribution in [3.05, 3.63) is 29.8 Å². The largest absolute Gasteiger partial charge is 0.353 e. The highest BCUT2D eigenvalue weighted by Gasteiger charge is 1.88. The van der Waals surface area contributed by atoms with Crippen LogP contribution in [-0.2, 0) is 6.54 Å². The van der Waals surface area contributed by atoms with Crippen LogP contribution in [0.25, 0.3) is 0 Å². The Morgan fingerprint density at radius 1 is 1.36 bits per heavy atom. The lowest BCUT2D eigenvalue weighted by molar-refractivity contribution is 1.07. The van der Waals surface area contributed by atoms with Crippen LogP contribution in [0.4, 0.5) is 5.69 Å². The fourth-order valence-electron chi connectivity index (χ4n) is 0.805. The van der Waals surface area contributed by atoms with E-state index in [0.717, 1.165) is 11.3 Å². The van der Waals surface area contributed by atoms with Gasteiger partial charge in [0.25, 0.3) is 0 Å². The molecular formula is C8H10N2S. The van der Waals surface area contributed by atoms with Crippen LogP contribution in [0.2, 0.25) is 0 Å². The van der Waals surface area contributed by atoms with Gasteiger partial charge in [0, 0.05) is 12.2 Å². The van der Waals surface area contributed by atoms with Gasteiger partial charge >= 0.3 is 0 Å². The van der Waals surface area contributed by atoms with Crippen molar-refractivity contribution >= 4 is 23.4 Å². The number of nitrogens with two attached hydrogens (primary N) is 1. The van der Waals surface area contributed by atoms with Crippen LogP contribution in [0, 0.1) is 0 Å². The van der Waals surface area contributed by atoms with Gasteiger partial charge in [-0.3, -0.25) is 0 Å². The number of thiocarbonyl (C=S) groups is 1. The molecule has 0 amide bonds. The molecule has 0 bridgehead atoms. The summed E-state index contributed by atoms with van der Waals surface area (Å²) in [4.78, 5) is 0. The van der Waals surface area contributed by atoms with E-state index in [1.165, 1.54) is 5.49 Å². The van der Waals surface area contributed by atoms with Gasteiger partial charge in [0.2, 0.25) is 0 Å². The van der Waals surface area contributed by atoms with Crippen molar-refractivity contribution in [2.24, 2.45) is 5.73 Å². The molecule has 11 heavy (non-hydrogen) atoms. The Labute approximate surface area is 71.4 Å². The quantitative estimate of drug-likeness (QED) is 0.668. The summed E-state index contributed by atoms with van der Waals surface area (Å²) in [6.07, 6.45) is 0. The predicted octanol–water partition coefficient (Wildman–Crippen LogP) is 1.51. The molecule has 2 nitrogen and oxygen atoms in total. The molecule has 0 aromatic heterocycles. The van der Waals surface area contributed by atoms with Gasteiger partial charge in [-0.15, -0.1) is 0 Å². The first-order chi connectivity index (χ1) is 5.36. The van der Waals surface area contributed by atoms with Crippen LogP contribution < -0.4 is 11.1 Å². The number of rotatable bonds is 3. The van der Waals surface area contributed by atoms with Crippen LogP contribution in [0.3, 0.4) is 0 Å². The lowest BCUT2D eigenvalue weighted by atomic mass is 10.2. The molecule has 58 valence electrons. The van der Waals surface area contributed by atoms with Crippen LogP contribution in [0.5, 0.6) is 0 Å². The zero-order valence-corrected chi connectivity index (χ0v) is 6.90. The van der Waals surface area contributed by atoms with Crippen molar-refractivity contribution in [3.63, 3.8) is 0 Å². The van der Waals surface area contributed by atoms with Gasteiger partial charge < -0.3 is 11.1 Å². The number of hydrogen-bond acceptors (Lipinski definition) is 2. The van der Waals surface area contributed by atoms with E-state index in [-0.39, 0.29) is 0 Å². The molecule has 0 saturated carbocycles. The molecule has 1 aromatic rings. The average molecular weight is 166 g/mol. The van der Waals surface area contributed by atoms with Crippen molar-refractivity contribution in [2.75, 3.05) is 5.32 Å². The normalized spacial score (nSPS) is 9.18. The van der Waals surface area contributed by atoms with Gasteiger partial charge in [0.05, 0.1) is 5.49 Å². The van der Waals surface area contributed by atoms with Crippen molar-refractivity contribution < 1.29 is 0 Å². The SMILES string of the molecule is NCc1ccc(NC=S)cc1. The molecular weight excluding hydrogens is 156 g/mol. The Balaban J connectivity index is 2.74. The standard InChI is InChI=1S/C8H10N2S/c9-5-7-1-3-8(4-2-7)10-6-11/h1-4,6H,5,9H2,(H,10,11). The number of anilines is 1. The van der Waals surface area contributed by atoms with Crippen LogP contribution >= 0.6 is 12.2 Å². The fourth-order valence-corrected chi connectivity index (χ4v) is 0.941. The average Bonchev–Trinajstić information content (AvgIpc) is 2.07. The van der Waals surface area contributed by atoms with Crippen molar-refractivity contribution in [1.82, 2.24) is 0 Å². The number of hydrogen-bond donors (Lipinski definition) is 2.